The summed E-state index contributed by atoms with van der Waals surface area (Å²) in [6, 6.07) is 9.45. The van der Waals surface area contributed by atoms with Crippen molar-refractivity contribution in [1.82, 2.24) is 15.3 Å². The summed E-state index contributed by atoms with van der Waals surface area (Å²) in [5, 5.41) is 3.64. The first-order valence-corrected chi connectivity index (χ1v) is 7.64. The summed E-state index contributed by atoms with van der Waals surface area (Å²) in [7, 11) is 0. The lowest BCUT2D eigenvalue weighted by Gasteiger charge is -2.17. The van der Waals surface area contributed by atoms with Crippen LogP contribution in [0.3, 0.4) is 0 Å². The summed E-state index contributed by atoms with van der Waals surface area (Å²) in [5.74, 6) is 1.08. The summed E-state index contributed by atoms with van der Waals surface area (Å²) in [6.07, 6.45) is 8.03. The van der Waals surface area contributed by atoms with Crippen LogP contribution in [0.1, 0.15) is 49.7 Å². The van der Waals surface area contributed by atoms with Crippen molar-refractivity contribution < 1.29 is 0 Å². The van der Waals surface area contributed by atoms with E-state index < -0.39 is 0 Å². The van der Waals surface area contributed by atoms with E-state index in [1.807, 2.05) is 12.4 Å². The van der Waals surface area contributed by atoms with Crippen LogP contribution in [0.15, 0.2) is 36.7 Å². The molecule has 108 valence electrons. The van der Waals surface area contributed by atoms with Crippen LogP contribution in [-0.2, 0) is 12.8 Å². The molecule has 20 heavy (non-hydrogen) atoms. The fourth-order valence-corrected chi connectivity index (χ4v) is 2.45. The molecule has 0 aliphatic rings. The minimum Gasteiger partial charge on any atom is -0.349 e. The van der Waals surface area contributed by atoms with Gasteiger partial charge in [-0.3, -0.25) is 0 Å². The Hall–Kier alpha value is -1.61. The van der Waals surface area contributed by atoms with E-state index in [0.717, 1.165) is 38.1 Å². The van der Waals surface area contributed by atoms with Crippen LogP contribution in [-0.4, -0.2) is 16.5 Å². The van der Waals surface area contributed by atoms with E-state index in [2.05, 4.69) is 53.4 Å². The standard InChI is InChI=1S/C17H25N3/c1-3-14-7-9-15(10-8-14)16(4-2)18-11-5-6-17-19-12-13-20-17/h7-10,12-13,16,18H,3-6,11H2,1-2H3,(H,19,20). The number of benzene rings is 1. The van der Waals surface area contributed by atoms with Gasteiger partial charge in [-0.2, -0.15) is 0 Å². The molecule has 1 aromatic heterocycles. The number of aryl methyl sites for hydroxylation is 2. The van der Waals surface area contributed by atoms with Crippen LogP contribution < -0.4 is 5.32 Å². The molecule has 0 radical (unpaired) electrons. The molecule has 2 N–H and O–H groups in total. The topological polar surface area (TPSA) is 40.7 Å². The second-order valence-electron chi connectivity index (χ2n) is 5.15. The normalized spacial score (nSPS) is 12.5. The molecule has 3 heteroatoms. The first-order valence-electron chi connectivity index (χ1n) is 7.64. The van der Waals surface area contributed by atoms with E-state index in [1.54, 1.807) is 0 Å². The van der Waals surface area contributed by atoms with Crippen LogP contribution >= 0.6 is 0 Å². The molecule has 0 aliphatic carbocycles. The minimum atomic E-state index is 0.456. The molecule has 0 fully saturated rings. The van der Waals surface area contributed by atoms with Crippen LogP contribution in [0.2, 0.25) is 0 Å². The van der Waals surface area contributed by atoms with E-state index >= 15 is 0 Å². The van der Waals surface area contributed by atoms with Crippen molar-refractivity contribution in [3.05, 3.63) is 53.6 Å². The molecule has 1 unspecified atom stereocenters. The quantitative estimate of drug-likeness (QED) is 0.720. The van der Waals surface area contributed by atoms with Gasteiger partial charge in [-0.25, -0.2) is 4.98 Å². The molecular formula is C17H25N3. The van der Waals surface area contributed by atoms with Crippen molar-refractivity contribution in [1.29, 1.82) is 0 Å². The first-order chi connectivity index (χ1) is 9.83. The van der Waals surface area contributed by atoms with Gasteiger partial charge >= 0.3 is 0 Å². The molecule has 1 heterocycles. The van der Waals surface area contributed by atoms with Gasteiger partial charge in [0.05, 0.1) is 0 Å². The molecule has 1 aromatic carbocycles. The smallest absolute Gasteiger partial charge is 0.106 e. The van der Waals surface area contributed by atoms with Crippen molar-refractivity contribution in [2.75, 3.05) is 6.54 Å². The Labute approximate surface area is 121 Å². The lowest BCUT2D eigenvalue weighted by molar-refractivity contribution is 0.508. The molecule has 0 aliphatic heterocycles. The Balaban J connectivity index is 1.79. The third-order valence-electron chi connectivity index (χ3n) is 3.73. The summed E-state index contributed by atoms with van der Waals surface area (Å²) < 4.78 is 0. The Morgan fingerprint density at radius 1 is 1.20 bits per heavy atom. The minimum absolute atomic E-state index is 0.456. The number of aromatic amines is 1. The van der Waals surface area contributed by atoms with Crippen molar-refractivity contribution in [3.8, 4) is 0 Å². The predicted octanol–water partition coefficient (Wildman–Crippen LogP) is 3.65. The van der Waals surface area contributed by atoms with Crippen LogP contribution in [0.5, 0.6) is 0 Å². The maximum absolute atomic E-state index is 4.25. The molecule has 0 spiro atoms. The highest BCUT2D eigenvalue weighted by Crippen LogP contribution is 2.17. The number of aromatic nitrogens is 2. The predicted molar refractivity (Wildman–Crippen MR) is 83.8 cm³/mol. The molecule has 0 amide bonds. The number of hydrogen-bond acceptors (Lipinski definition) is 2. The zero-order valence-corrected chi connectivity index (χ0v) is 12.5. The van der Waals surface area contributed by atoms with E-state index in [-0.39, 0.29) is 0 Å². The van der Waals surface area contributed by atoms with Crippen LogP contribution in [0.25, 0.3) is 0 Å². The van der Waals surface area contributed by atoms with Gasteiger partial charge in [-0.05, 0) is 36.9 Å². The molecule has 0 bridgehead atoms. The number of imidazole rings is 1. The second-order valence-corrected chi connectivity index (χ2v) is 5.15. The van der Waals surface area contributed by atoms with Gasteiger partial charge in [0.2, 0.25) is 0 Å². The van der Waals surface area contributed by atoms with Crippen LogP contribution in [0.4, 0.5) is 0 Å². The Morgan fingerprint density at radius 3 is 2.60 bits per heavy atom. The third kappa shape index (κ3) is 4.20. The highest BCUT2D eigenvalue weighted by Gasteiger charge is 2.08. The molecule has 0 saturated heterocycles. The summed E-state index contributed by atoms with van der Waals surface area (Å²) in [5.41, 5.74) is 2.80. The summed E-state index contributed by atoms with van der Waals surface area (Å²) in [4.78, 5) is 7.39. The third-order valence-corrected chi connectivity index (χ3v) is 3.73. The van der Waals surface area contributed by atoms with Crippen molar-refractivity contribution in [2.24, 2.45) is 0 Å². The highest BCUT2D eigenvalue weighted by atomic mass is 14.9. The SMILES string of the molecule is CCc1ccc(C(CC)NCCCc2ncc[nH]2)cc1. The van der Waals surface area contributed by atoms with Crippen LogP contribution in [0, 0.1) is 0 Å². The van der Waals surface area contributed by atoms with Crippen molar-refractivity contribution in [3.63, 3.8) is 0 Å². The molecule has 1 atom stereocenters. The molecular weight excluding hydrogens is 246 g/mol. The fourth-order valence-electron chi connectivity index (χ4n) is 2.45. The maximum atomic E-state index is 4.25. The van der Waals surface area contributed by atoms with Gasteiger partial charge < -0.3 is 10.3 Å². The summed E-state index contributed by atoms with van der Waals surface area (Å²) in [6.45, 7) is 5.45. The van der Waals surface area contributed by atoms with Gasteiger partial charge in [0, 0.05) is 24.9 Å². The average molecular weight is 271 g/mol. The van der Waals surface area contributed by atoms with Gasteiger partial charge in [0.15, 0.2) is 0 Å². The Morgan fingerprint density at radius 2 is 2.00 bits per heavy atom. The average Bonchev–Trinajstić information content (AvgIpc) is 3.01. The second kappa shape index (κ2) is 7.85. The van der Waals surface area contributed by atoms with Gasteiger partial charge in [-0.1, -0.05) is 38.1 Å². The first kappa shape index (κ1) is 14.8. The highest BCUT2D eigenvalue weighted by molar-refractivity contribution is 5.25. The monoisotopic (exact) mass is 271 g/mol. The fraction of sp³-hybridized carbons (Fsp3) is 0.471. The van der Waals surface area contributed by atoms with Crippen molar-refractivity contribution in [2.45, 2.75) is 45.6 Å². The summed E-state index contributed by atoms with van der Waals surface area (Å²) >= 11 is 0. The van der Waals surface area contributed by atoms with Gasteiger partial charge in [0.25, 0.3) is 0 Å². The van der Waals surface area contributed by atoms with Gasteiger partial charge in [0.1, 0.15) is 5.82 Å². The van der Waals surface area contributed by atoms with E-state index in [0.29, 0.717) is 6.04 Å². The Kier molecular flexibility index (Phi) is 5.81. The van der Waals surface area contributed by atoms with Gasteiger partial charge in [-0.15, -0.1) is 0 Å². The zero-order chi connectivity index (χ0) is 14.2. The number of nitrogens with one attached hydrogen (secondary N) is 2. The number of hydrogen-bond donors (Lipinski definition) is 2. The molecule has 2 aromatic rings. The zero-order valence-electron chi connectivity index (χ0n) is 12.5. The molecule has 2 rings (SSSR count). The Bertz CT molecular complexity index is 473. The lowest BCUT2D eigenvalue weighted by atomic mass is 10.0. The van der Waals surface area contributed by atoms with Crippen molar-refractivity contribution >= 4 is 0 Å². The van der Waals surface area contributed by atoms with E-state index in [9.17, 15) is 0 Å². The molecule has 3 nitrogen and oxygen atoms in total. The lowest BCUT2D eigenvalue weighted by Crippen LogP contribution is -2.22. The largest absolute Gasteiger partial charge is 0.349 e. The molecule has 0 saturated carbocycles. The number of rotatable bonds is 8. The van der Waals surface area contributed by atoms with E-state index in [4.69, 9.17) is 0 Å². The maximum Gasteiger partial charge on any atom is 0.106 e. The number of H-pyrrole nitrogens is 1. The van der Waals surface area contributed by atoms with E-state index in [1.165, 1.54) is 11.1 Å². The number of nitrogens with zero attached hydrogens (tertiary/aromatic N) is 1.